The molecule has 11 rings (SSSR count). The number of para-hydroxylation sites is 1. The third-order valence-corrected chi connectivity index (χ3v) is 15.4. The van der Waals surface area contributed by atoms with Crippen molar-refractivity contribution >= 4 is 92.8 Å². The Morgan fingerprint density at radius 1 is 0.449 bits per heavy atom. The van der Waals surface area contributed by atoms with Crippen LogP contribution < -0.4 is 9.64 Å². The van der Waals surface area contributed by atoms with Gasteiger partial charge in [-0.3, -0.25) is 0 Å². The van der Waals surface area contributed by atoms with Gasteiger partial charge >= 0.3 is 0 Å². The average Bonchev–Trinajstić information content (AvgIpc) is 3.87. The topological polar surface area (TPSA) is 17.4 Å². The predicted octanol–water partition coefficient (Wildman–Crippen LogP) is 19.8. The molecule has 0 aliphatic heterocycles. The van der Waals surface area contributed by atoms with E-state index in [2.05, 4.69) is 242 Å². The molecule has 0 spiro atoms. The van der Waals surface area contributed by atoms with Crippen molar-refractivity contribution in [1.82, 2.24) is 4.57 Å². The Kier molecular flexibility index (Phi) is 10.8. The first-order valence-corrected chi connectivity index (χ1v) is 25.2. The van der Waals surface area contributed by atoms with E-state index in [9.17, 15) is 0 Å². The molecular weight excluding hydrogens is 880 g/mol. The first-order valence-electron chi connectivity index (χ1n) is 24.0. The molecule has 0 saturated carbocycles. The summed E-state index contributed by atoms with van der Waals surface area (Å²) < 4.78 is 12.0. The molecule has 0 unspecified atom stereocenters. The molecule has 0 bridgehead atoms. The lowest BCUT2D eigenvalue weighted by Gasteiger charge is -2.29. The molecule has 2 heterocycles. The largest absolute Gasteiger partial charge is 0.455 e. The molecule has 0 amide bonds. The van der Waals surface area contributed by atoms with Gasteiger partial charge in [0.25, 0.3) is 0 Å². The van der Waals surface area contributed by atoms with E-state index >= 15 is 0 Å². The van der Waals surface area contributed by atoms with E-state index in [1.807, 2.05) is 23.5 Å². The SMILES string of the molecule is CC(C)(C)c1ccc(-c2cc(Oc3cccc4ccccc34)c(Cl)c(N(c3ccccc3)c3cc(-n4c5ccc(C(C)(C)C)cc5c5cc(C(C)(C)C)ccc54)c4sc5ccccc5c4c3)c2)cc1. The summed E-state index contributed by atoms with van der Waals surface area (Å²) in [6.45, 7) is 20.6. The van der Waals surface area contributed by atoms with Crippen LogP contribution in [0.2, 0.25) is 5.02 Å². The number of benzene rings is 9. The minimum Gasteiger partial charge on any atom is -0.455 e. The highest BCUT2D eigenvalue weighted by Gasteiger charge is 2.27. The van der Waals surface area contributed by atoms with Crippen molar-refractivity contribution in [3.8, 4) is 28.3 Å². The fourth-order valence-corrected chi connectivity index (χ4v) is 11.3. The van der Waals surface area contributed by atoms with Crippen LogP contribution in [0.4, 0.5) is 17.1 Å². The number of hydrogen-bond donors (Lipinski definition) is 0. The van der Waals surface area contributed by atoms with Crippen molar-refractivity contribution in [2.75, 3.05) is 4.90 Å². The summed E-state index contributed by atoms with van der Waals surface area (Å²) in [5.74, 6) is 1.33. The second kappa shape index (κ2) is 16.7. The van der Waals surface area contributed by atoms with Gasteiger partial charge in [0.05, 0.1) is 27.1 Å². The highest BCUT2D eigenvalue weighted by molar-refractivity contribution is 7.26. The normalized spacial score (nSPS) is 12.5. The van der Waals surface area contributed by atoms with Gasteiger partial charge in [0.1, 0.15) is 16.5 Å². The van der Waals surface area contributed by atoms with Gasteiger partial charge in [0.15, 0.2) is 0 Å². The zero-order valence-electron chi connectivity index (χ0n) is 40.9. The van der Waals surface area contributed by atoms with Crippen LogP contribution in [0.25, 0.3) is 69.6 Å². The first kappa shape index (κ1) is 44.6. The van der Waals surface area contributed by atoms with Gasteiger partial charge in [-0.15, -0.1) is 11.3 Å². The number of aromatic nitrogens is 1. The molecule has 0 aliphatic carbocycles. The Morgan fingerprint density at radius 2 is 1.03 bits per heavy atom. The van der Waals surface area contributed by atoms with Crippen LogP contribution in [0, 0.1) is 0 Å². The number of rotatable bonds is 7. The van der Waals surface area contributed by atoms with Crippen molar-refractivity contribution in [2.24, 2.45) is 0 Å². The van der Waals surface area contributed by atoms with Crippen LogP contribution in [0.15, 0.2) is 182 Å². The number of anilines is 3. The maximum Gasteiger partial charge on any atom is 0.148 e. The molecule has 342 valence electrons. The monoisotopic (exact) mass is 936 g/mol. The van der Waals surface area contributed by atoms with E-state index < -0.39 is 0 Å². The van der Waals surface area contributed by atoms with E-state index in [0.29, 0.717) is 10.8 Å². The molecule has 9 aromatic carbocycles. The molecular formula is C64H57ClN2OS. The van der Waals surface area contributed by atoms with Crippen molar-refractivity contribution in [2.45, 2.75) is 78.6 Å². The highest BCUT2D eigenvalue weighted by atomic mass is 35.5. The van der Waals surface area contributed by atoms with Gasteiger partial charge in [-0.05, 0) is 122 Å². The summed E-state index contributed by atoms with van der Waals surface area (Å²) in [4.78, 5) is 2.32. The van der Waals surface area contributed by atoms with Gasteiger partial charge in [0, 0.05) is 43.0 Å². The van der Waals surface area contributed by atoms with Crippen molar-refractivity contribution in [3.05, 3.63) is 204 Å². The molecule has 3 nitrogen and oxygen atoms in total. The maximum atomic E-state index is 7.87. The molecule has 5 heteroatoms. The van der Waals surface area contributed by atoms with Gasteiger partial charge in [0.2, 0.25) is 0 Å². The summed E-state index contributed by atoms with van der Waals surface area (Å²) in [7, 11) is 0. The van der Waals surface area contributed by atoms with Gasteiger partial charge in [-0.2, -0.15) is 0 Å². The smallest absolute Gasteiger partial charge is 0.148 e. The second-order valence-corrected chi connectivity index (χ2v) is 23.1. The summed E-state index contributed by atoms with van der Waals surface area (Å²) in [5.41, 5.74) is 12.2. The molecule has 0 radical (unpaired) electrons. The Balaban J connectivity index is 1.22. The van der Waals surface area contributed by atoms with E-state index in [4.69, 9.17) is 16.3 Å². The summed E-state index contributed by atoms with van der Waals surface area (Å²) in [5, 5.41) is 7.56. The number of thiophene rings is 1. The lowest BCUT2D eigenvalue weighted by molar-refractivity contribution is 0.489. The molecule has 0 fully saturated rings. The fourth-order valence-electron chi connectivity index (χ4n) is 9.86. The number of fused-ring (bicyclic) bond motifs is 7. The molecule has 0 saturated heterocycles. The zero-order valence-corrected chi connectivity index (χ0v) is 42.5. The van der Waals surface area contributed by atoms with Crippen LogP contribution in [-0.2, 0) is 16.2 Å². The van der Waals surface area contributed by atoms with Crippen LogP contribution in [0.5, 0.6) is 11.5 Å². The third-order valence-electron chi connectivity index (χ3n) is 13.8. The summed E-state index contributed by atoms with van der Waals surface area (Å²) >= 11 is 9.73. The quantitative estimate of drug-likeness (QED) is 0.158. The Labute approximate surface area is 415 Å². The van der Waals surface area contributed by atoms with E-state index in [0.717, 1.165) is 50.4 Å². The average molecular weight is 938 g/mol. The lowest BCUT2D eigenvalue weighted by atomic mass is 9.85. The summed E-state index contributed by atoms with van der Waals surface area (Å²) in [6, 6.07) is 66.1. The fraction of sp³-hybridized carbons (Fsp3) is 0.188. The summed E-state index contributed by atoms with van der Waals surface area (Å²) in [6.07, 6.45) is 0. The second-order valence-electron chi connectivity index (χ2n) is 21.6. The first-order chi connectivity index (χ1) is 33.0. The van der Waals surface area contributed by atoms with Crippen LogP contribution in [-0.4, -0.2) is 4.57 Å². The molecule has 11 aromatic rings. The van der Waals surface area contributed by atoms with Crippen LogP contribution in [0.3, 0.4) is 0 Å². The Morgan fingerprint density at radius 3 is 1.68 bits per heavy atom. The molecule has 0 N–H and O–H groups in total. The minimum absolute atomic E-state index is 0.0126. The number of halogens is 1. The van der Waals surface area contributed by atoms with Crippen molar-refractivity contribution < 1.29 is 4.74 Å². The number of nitrogens with zero attached hydrogens (tertiary/aromatic N) is 2. The maximum absolute atomic E-state index is 7.87. The Bertz CT molecular complexity index is 3690. The van der Waals surface area contributed by atoms with E-state index in [1.165, 1.54) is 58.7 Å². The van der Waals surface area contributed by atoms with E-state index in [-0.39, 0.29) is 16.2 Å². The van der Waals surface area contributed by atoms with Crippen molar-refractivity contribution in [3.63, 3.8) is 0 Å². The molecule has 0 atom stereocenters. The number of ether oxygens (including phenoxy) is 1. The zero-order chi connectivity index (χ0) is 48.0. The third kappa shape index (κ3) is 8.04. The Hall–Kier alpha value is -6.85. The molecule has 69 heavy (non-hydrogen) atoms. The van der Waals surface area contributed by atoms with Crippen LogP contribution >= 0.6 is 22.9 Å². The van der Waals surface area contributed by atoms with Crippen LogP contribution in [0.1, 0.15) is 79.0 Å². The van der Waals surface area contributed by atoms with Crippen molar-refractivity contribution in [1.29, 1.82) is 0 Å². The lowest BCUT2D eigenvalue weighted by Crippen LogP contribution is -2.12. The van der Waals surface area contributed by atoms with Gasteiger partial charge < -0.3 is 14.2 Å². The predicted molar refractivity (Wildman–Crippen MR) is 299 cm³/mol. The number of hydrogen-bond acceptors (Lipinski definition) is 3. The van der Waals surface area contributed by atoms with Gasteiger partial charge in [-0.25, -0.2) is 0 Å². The van der Waals surface area contributed by atoms with E-state index in [1.54, 1.807) is 0 Å². The standard InChI is InChI=1S/C64H57ClN2OS/c1-62(2,3)43-28-26-40(27-29-43)42-34-55(60(65)58(35-42)68-57-24-17-19-41-18-13-14-22-48(41)57)66(46-20-11-10-12-21-46)47-38-52-49-23-15-16-25-59(49)69-61(52)56(39-47)67-53-32-30-44(63(4,5)6)36-50(53)51-37-45(64(7,8)9)31-33-54(51)67/h10-39H,1-9H3. The molecule has 2 aromatic heterocycles. The molecule has 0 aliphatic rings. The van der Waals surface area contributed by atoms with Gasteiger partial charge in [-0.1, -0.05) is 183 Å². The minimum atomic E-state index is -0.0162. The highest BCUT2D eigenvalue weighted by Crippen LogP contribution is 2.51.